The SMILES string of the molecule is CCN(CC)CC(=O)Nc1ccc(N2CCCC2)cc1. The van der Waals surface area contributed by atoms with Gasteiger partial charge in [-0.2, -0.15) is 0 Å². The maximum Gasteiger partial charge on any atom is 0.238 e. The lowest BCUT2D eigenvalue weighted by molar-refractivity contribution is -0.117. The van der Waals surface area contributed by atoms with Gasteiger partial charge in [-0.05, 0) is 50.2 Å². The van der Waals surface area contributed by atoms with E-state index in [9.17, 15) is 4.79 Å². The Morgan fingerprint density at radius 3 is 2.30 bits per heavy atom. The lowest BCUT2D eigenvalue weighted by Crippen LogP contribution is -2.32. The minimum atomic E-state index is 0.0580. The van der Waals surface area contributed by atoms with E-state index in [1.807, 2.05) is 12.1 Å². The molecular weight excluding hydrogens is 250 g/mol. The number of anilines is 2. The van der Waals surface area contributed by atoms with E-state index in [4.69, 9.17) is 0 Å². The number of hydrogen-bond donors (Lipinski definition) is 1. The molecule has 0 radical (unpaired) electrons. The maximum absolute atomic E-state index is 11.9. The van der Waals surface area contributed by atoms with E-state index >= 15 is 0 Å². The summed E-state index contributed by atoms with van der Waals surface area (Å²) in [6, 6.07) is 8.18. The monoisotopic (exact) mass is 275 g/mol. The number of nitrogens with zero attached hydrogens (tertiary/aromatic N) is 2. The van der Waals surface area contributed by atoms with E-state index in [1.54, 1.807) is 0 Å². The molecule has 1 aliphatic rings. The molecule has 0 aliphatic carbocycles. The van der Waals surface area contributed by atoms with Crippen LogP contribution < -0.4 is 10.2 Å². The summed E-state index contributed by atoms with van der Waals surface area (Å²) >= 11 is 0. The highest BCUT2D eigenvalue weighted by Gasteiger charge is 2.12. The van der Waals surface area contributed by atoms with Crippen LogP contribution in [0.4, 0.5) is 11.4 Å². The molecule has 0 bridgehead atoms. The number of benzene rings is 1. The normalized spacial score (nSPS) is 14.8. The first-order valence-electron chi connectivity index (χ1n) is 7.60. The summed E-state index contributed by atoms with van der Waals surface area (Å²) in [6.45, 7) is 8.70. The van der Waals surface area contributed by atoms with Crippen molar-refractivity contribution in [3.8, 4) is 0 Å². The molecule has 0 unspecified atom stereocenters. The van der Waals surface area contributed by atoms with E-state index in [-0.39, 0.29) is 5.91 Å². The predicted octanol–water partition coefficient (Wildman–Crippen LogP) is 2.57. The molecular formula is C16H25N3O. The molecule has 1 N–H and O–H groups in total. The Morgan fingerprint density at radius 2 is 1.75 bits per heavy atom. The van der Waals surface area contributed by atoms with Gasteiger partial charge in [-0.25, -0.2) is 0 Å². The average molecular weight is 275 g/mol. The van der Waals surface area contributed by atoms with E-state index in [1.165, 1.54) is 18.5 Å². The van der Waals surface area contributed by atoms with Crippen LogP contribution in [0.25, 0.3) is 0 Å². The van der Waals surface area contributed by atoms with Crippen LogP contribution in [0.5, 0.6) is 0 Å². The van der Waals surface area contributed by atoms with Crippen LogP contribution in [0.3, 0.4) is 0 Å². The smallest absolute Gasteiger partial charge is 0.238 e. The third-order valence-electron chi connectivity index (χ3n) is 3.88. The lowest BCUT2D eigenvalue weighted by atomic mass is 10.2. The number of rotatable bonds is 6. The molecule has 4 nitrogen and oxygen atoms in total. The van der Waals surface area contributed by atoms with Crippen molar-refractivity contribution in [3.05, 3.63) is 24.3 Å². The maximum atomic E-state index is 11.9. The average Bonchev–Trinajstić information content (AvgIpc) is 2.99. The summed E-state index contributed by atoms with van der Waals surface area (Å²) in [4.78, 5) is 16.4. The van der Waals surface area contributed by atoms with Gasteiger partial charge in [-0.1, -0.05) is 13.8 Å². The lowest BCUT2D eigenvalue weighted by Gasteiger charge is -2.19. The van der Waals surface area contributed by atoms with Gasteiger partial charge < -0.3 is 10.2 Å². The standard InChI is InChI=1S/C16H25N3O/c1-3-18(4-2)13-16(20)17-14-7-9-15(10-8-14)19-11-5-6-12-19/h7-10H,3-6,11-13H2,1-2H3,(H,17,20). The molecule has 1 amide bonds. The Labute approximate surface area is 121 Å². The van der Waals surface area contributed by atoms with Crippen molar-refractivity contribution in [1.82, 2.24) is 4.90 Å². The van der Waals surface area contributed by atoms with Gasteiger partial charge in [0.15, 0.2) is 0 Å². The quantitative estimate of drug-likeness (QED) is 0.866. The van der Waals surface area contributed by atoms with Crippen LogP contribution in [0.15, 0.2) is 24.3 Å². The number of hydrogen-bond acceptors (Lipinski definition) is 3. The summed E-state index contributed by atoms with van der Waals surface area (Å²) in [6.07, 6.45) is 2.56. The highest BCUT2D eigenvalue weighted by Crippen LogP contribution is 2.21. The molecule has 1 aromatic carbocycles. The van der Waals surface area contributed by atoms with Crippen molar-refractivity contribution < 1.29 is 4.79 Å². The van der Waals surface area contributed by atoms with Gasteiger partial charge in [0.05, 0.1) is 6.54 Å². The van der Waals surface area contributed by atoms with Crippen LogP contribution in [-0.4, -0.2) is 43.5 Å². The zero-order valence-corrected chi connectivity index (χ0v) is 12.6. The van der Waals surface area contributed by atoms with E-state index < -0.39 is 0 Å². The highest BCUT2D eigenvalue weighted by molar-refractivity contribution is 5.92. The molecule has 0 aromatic heterocycles. The highest BCUT2D eigenvalue weighted by atomic mass is 16.2. The molecule has 20 heavy (non-hydrogen) atoms. The molecule has 1 heterocycles. The summed E-state index contributed by atoms with van der Waals surface area (Å²) in [7, 11) is 0. The second kappa shape index (κ2) is 7.29. The van der Waals surface area contributed by atoms with Crippen LogP contribution in [-0.2, 0) is 4.79 Å². The fourth-order valence-electron chi connectivity index (χ4n) is 2.58. The Morgan fingerprint density at radius 1 is 1.15 bits per heavy atom. The van der Waals surface area contributed by atoms with E-state index in [2.05, 4.69) is 41.1 Å². The fraction of sp³-hybridized carbons (Fsp3) is 0.562. The van der Waals surface area contributed by atoms with Crippen molar-refractivity contribution in [2.45, 2.75) is 26.7 Å². The van der Waals surface area contributed by atoms with E-state index in [0.717, 1.165) is 31.9 Å². The first kappa shape index (κ1) is 14.9. The molecule has 1 aromatic rings. The summed E-state index contributed by atoms with van der Waals surface area (Å²) < 4.78 is 0. The molecule has 0 atom stereocenters. The molecule has 1 saturated heterocycles. The number of nitrogens with one attached hydrogen (secondary N) is 1. The molecule has 0 spiro atoms. The van der Waals surface area contributed by atoms with Crippen molar-refractivity contribution in [2.75, 3.05) is 42.9 Å². The van der Waals surface area contributed by atoms with Crippen LogP contribution in [0.2, 0.25) is 0 Å². The predicted molar refractivity (Wildman–Crippen MR) is 84.3 cm³/mol. The second-order valence-corrected chi connectivity index (χ2v) is 5.25. The molecule has 1 fully saturated rings. The molecule has 1 aliphatic heterocycles. The Balaban J connectivity index is 1.88. The second-order valence-electron chi connectivity index (χ2n) is 5.25. The Bertz CT molecular complexity index is 420. The van der Waals surface area contributed by atoms with Crippen LogP contribution in [0.1, 0.15) is 26.7 Å². The molecule has 110 valence electrons. The molecule has 4 heteroatoms. The fourth-order valence-corrected chi connectivity index (χ4v) is 2.58. The van der Waals surface area contributed by atoms with Gasteiger partial charge in [0.25, 0.3) is 0 Å². The minimum absolute atomic E-state index is 0.0580. The van der Waals surface area contributed by atoms with Crippen molar-refractivity contribution in [1.29, 1.82) is 0 Å². The molecule has 2 rings (SSSR count). The van der Waals surface area contributed by atoms with Gasteiger partial charge >= 0.3 is 0 Å². The minimum Gasteiger partial charge on any atom is -0.372 e. The number of carbonyl (C=O) groups is 1. The zero-order valence-electron chi connectivity index (χ0n) is 12.6. The topological polar surface area (TPSA) is 35.6 Å². The number of carbonyl (C=O) groups excluding carboxylic acids is 1. The zero-order chi connectivity index (χ0) is 14.4. The van der Waals surface area contributed by atoms with Gasteiger partial charge in [0.2, 0.25) is 5.91 Å². The Kier molecular flexibility index (Phi) is 5.41. The van der Waals surface area contributed by atoms with Gasteiger partial charge in [-0.15, -0.1) is 0 Å². The number of amides is 1. The van der Waals surface area contributed by atoms with Crippen LogP contribution in [0, 0.1) is 0 Å². The van der Waals surface area contributed by atoms with Gasteiger partial charge in [0.1, 0.15) is 0 Å². The molecule has 0 saturated carbocycles. The van der Waals surface area contributed by atoms with Crippen LogP contribution >= 0.6 is 0 Å². The summed E-state index contributed by atoms with van der Waals surface area (Å²) in [5.41, 5.74) is 2.13. The van der Waals surface area contributed by atoms with Crippen molar-refractivity contribution in [2.24, 2.45) is 0 Å². The van der Waals surface area contributed by atoms with E-state index in [0.29, 0.717) is 6.54 Å². The third kappa shape index (κ3) is 3.97. The Hall–Kier alpha value is -1.55. The largest absolute Gasteiger partial charge is 0.372 e. The first-order valence-corrected chi connectivity index (χ1v) is 7.60. The summed E-state index contributed by atoms with van der Waals surface area (Å²) in [5, 5.41) is 2.96. The third-order valence-corrected chi connectivity index (χ3v) is 3.88. The van der Waals surface area contributed by atoms with Gasteiger partial charge in [-0.3, -0.25) is 9.69 Å². The van der Waals surface area contributed by atoms with Crippen molar-refractivity contribution >= 4 is 17.3 Å². The summed E-state index contributed by atoms with van der Waals surface area (Å²) in [5.74, 6) is 0.0580. The first-order chi connectivity index (χ1) is 9.72. The van der Waals surface area contributed by atoms with Gasteiger partial charge in [0, 0.05) is 24.5 Å². The number of likely N-dealkylation sites (N-methyl/N-ethyl adjacent to an activating group) is 1. The van der Waals surface area contributed by atoms with Crippen molar-refractivity contribution in [3.63, 3.8) is 0 Å².